The number of piperazine rings is 1. The van der Waals surface area contributed by atoms with E-state index in [1.54, 1.807) is 24.3 Å². The van der Waals surface area contributed by atoms with Gasteiger partial charge in [0.1, 0.15) is 10.6 Å². The fourth-order valence-electron chi connectivity index (χ4n) is 4.04. The zero-order chi connectivity index (χ0) is 21.3. The molecule has 30 heavy (non-hydrogen) atoms. The van der Waals surface area contributed by atoms with Crippen LogP contribution in [0.2, 0.25) is 0 Å². The average Bonchev–Trinajstić information content (AvgIpc) is 3.08. The van der Waals surface area contributed by atoms with Gasteiger partial charge in [-0.3, -0.25) is 0 Å². The summed E-state index contributed by atoms with van der Waals surface area (Å²) >= 11 is 0. The number of nitrogens with zero attached hydrogens (tertiary/aromatic N) is 4. The summed E-state index contributed by atoms with van der Waals surface area (Å²) in [4.78, 5) is 2.44. The molecule has 0 atom stereocenters. The standard InChI is InChI=1S/C22H26N4O3S/c1-17-22(18(2)26(23-17)19-9-5-4-6-10-19)24-13-15-25(16-14-24)30(27,28)21-12-8-7-11-20(21)29-3/h4-12H,13-16H2,1-3H3. The van der Waals surface area contributed by atoms with Crippen LogP contribution in [0.25, 0.3) is 5.69 Å². The maximum absolute atomic E-state index is 13.1. The lowest BCUT2D eigenvalue weighted by molar-refractivity contribution is 0.374. The molecule has 1 aromatic heterocycles. The summed E-state index contributed by atoms with van der Waals surface area (Å²) in [5, 5.41) is 4.72. The molecule has 0 amide bonds. The Morgan fingerprint density at radius 2 is 1.53 bits per heavy atom. The predicted molar refractivity (Wildman–Crippen MR) is 117 cm³/mol. The molecule has 0 unspecified atom stereocenters. The van der Waals surface area contributed by atoms with Crippen molar-refractivity contribution in [1.82, 2.24) is 14.1 Å². The average molecular weight is 427 g/mol. The summed E-state index contributed by atoms with van der Waals surface area (Å²) < 4.78 is 35.0. The quantitative estimate of drug-likeness (QED) is 0.627. The van der Waals surface area contributed by atoms with E-state index in [9.17, 15) is 8.42 Å². The van der Waals surface area contributed by atoms with Gasteiger partial charge in [-0.1, -0.05) is 30.3 Å². The number of benzene rings is 2. The van der Waals surface area contributed by atoms with Crippen LogP contribution in [0.5, 0.6) is 5.75 Å². The molecule has 4 rings (SSSR count). The predicted octanol–water partition coefficient (Wildman–Crippen LogP) is 3.01. The van der Waals surface area contributed by atoms with E-state index < -0.39 is 10.0 Å². The minimum atomic E-state index is -3.61. The van der Waals surface area contributed by atoms with Crippen LogP contribution in [-0.4, -0.2) is 55.8 Å². The molecule has 0 N–H and O–H groups in total. The first-order chi connectivity index (χ1) is 14.4. The zero-order valence-electron chi connectivity index (χ0n) is 17.4. The lowest BCUT2D eigenvalue weighted by atomic mass is 10.2. The largest absolute Gasteiger partial charge is 0.495 e. The Balaban J connectivity index is 1.55. The zero-order valence-corrected chi connectivity index (χ0v) is 18.3. The van der Waals surface area contributed by atoms with Gasteiger partial charge in [0.05, 0.1) is 29.9 Å². The number of para-hydroxylation sites is 2. The Morgan fingerprint density at radius 3 is 2.20 bits per heavy atom. The molecular weight excluding hydrogens is 400 g/mol. The first-order valence-corrected chi connectivity index (χ1v) is 11.4. The highest BCUT2D eigenvalue weighted by Crippen LogP contribution is 2.30. The summed E-state index contributed by atoms with van der Waals surface area (Å²) in [5.74, 6) is 0.371. The number of anilines is 1. The molecular formula is C22H26N4O3S. The van der Waals surface area contributed by atoms with Crippen LogP contribution >= 0.6 is 0 Å². The van der Waals surface area contributed by atoms with Gasteiger partial charge in [0.2, 0.25) is 10.0 Å². The molecule has 1 aliphatic rings. The molecule has 158 valence electrons. The first-order valence-electron chi connectivity index (χ1n) is 9.93. The van der Waals surface area contributed by atoms with Crippen LogP contribution in [0.15, 0.2) is 59.5 Å². The highest BCUT2D eigenvalue weighted by Gasteiger charge is 2.32. The van der Waals surface area contributed by atoms with E-state index in [4.69, 9.17) is 9.84 Å². The van der Waals surface area contributed by atoms with Crippen LogP contribution in [-0.2, 0) is 10.0 Å². The monoisotopic (exact) mass is 426 g/mol. The van der Waals surface area contributed by atoms with Crippen LogP contribution in [0.4, 0.5) is 5.69 Å². The molecule has 1 aliphatic heterocycles. The van der Waals surface area contributed by atoms with Crippen molar-refractivity contribution in [3.63, 3.8) is 0 Å². The fraction of sp³-hybridized carbons (Fsp3) is 0.318. The Morgan fingerprint density at radius 1 is 0.900 bits per heavy atom. The number of sulfonamides is 1. The van der Waals surface area contributed by atoms with Gasteiger partial charge in [-0.2, -0.15) is 9.40 Å². The lowest BCUT2D eigenvalue weighted by Crippen LogP contribution is -2.49. The smallest absolute Gasteiger partial charge is 0.246 e. The summed E-state index contributed by atoms with van der Waals surface area (Å²) in [7, 11) is -2.12. The molecule has 0 bridgehead atoms. The normalized spacial score (nSPS) is 15.4. The molecule has 1 saturated heterocycles. The van der Waals surface area contributed by atoms with E-state index in [-0.39, 0.29) is 4.90 Å². The first kappa shape index (κ1) is 20.4. The summed E-state index contributed by atoms with van der Waals surface area (Å²) in [5.41, 5.74) is 4.09. The third-order valence-electron chi connectivity index (χ3n) is 5.50. The van der Waals surface area contributed by atoms with Crippen molar-refractivity contribution in [1.29, 1.82) is 0 Å². The molecule has 2 aromatic carbocycles. The second-order valence-electron chi connectivity index (χ2n) is 7.31. The van der Waals surface area contributed by atoms with E-state index >= 15 is 0 Å². The van der Waals surface area contributed by atoms with Crippen LogP contribution in [0, 0.1) is 13.8 Å². The van der Waals surface area contributed by atoms with Gasteiger partial charge in [-0.25, -0.2) is 13.1 Å². The number of hydrogen-bond donors (Lipinski definition) is 0. The fourth-order valence-corrected chi connectivity index (χ4v) is 5.61. The highest BCUT2D eigenvalue weighted by molar-refractivity contribution is 7.89. The third-order valence-corrected chi connectivity index (χ3v) is 7.43. The minimum Gasteiger partial charge on any atom is -0.495 e. The van der Waals surface area contributed by atoms with E-state index in [0.717, 1.165) is 22.8 Å². The molecule has 7 nitrogen and oxygen atoms in total. The molecule has 0 saturated carbocycles. The topological polar surface area (TPSA) is 67.7 Å². The van der Waals surface area contributed by atoms with Gasteiger partial charge in [0.25, 0.3) is 0 Å². The van der Waals surface area contributed by atoms with Crippen molar-refractivity contribution in [3.8, 4) is 11.4 Å². The molecule has 1 fully saturated rings. The SMILES string of the molecule is COc1ccccc1S(=O)(=O)N1CCN(c2c(C)nn(-c3ccccc3)c2C)CC1. The maximum Gasteiger partial charge on any atom is 0.246 e. The van der Waals surface area contributed by atoms with Crippen molar-refractivity contribution in [2.24, 2.45) is 0 Å². The molecule has 0 spiro atoms. The van der Waals surface area contributed by atoms with E-state index in [0.29, 0.717) is 31.9 Å². The second kappa shape index (κ2) is 8.12. The molecule has 0 radical (unpaired) electrons. The Kier molecular flexibility index (Phi) is 5.53. The van der Waals surface area contributed by atoms with Crippen LogP contribution < -0.4 is 9.64 Å². The number of methoxy groups -OCH3 is 1. The van der Waals surface area contributed by atoms with E-state index in [1.165, 1.54) is 11.4 Å². The van der Waals surface area contributed by atoms with Crippen LogP contribution in [0.1, 0.15) is 11.4 Å². The van der Waals surface area contributed by atoms with Gasteiger partial charge in [-0.15, -0.1) is 0 Å². The number of aryl methyl sites for hydroxylation is 1. The van der Waals surface area contributed by atoms with Crippen molar-refractivity contribution < 1.29 is 13.2 Å². The minimum absolute atomic E-state index is 0.213. The Bertz CT molecular complexity index is 1130. The number of hydrogen-bond acceptors (Lipinski definition) is 5. The van der Waals surface area contributed by atoms with Crippen molar-refractivity contribution >= 4 is 15.7 Å². The summed E-state index contributed by atoms with van der Waals surface area (Å²) in [6.07, 6.45) is 0. The Labute approximate surface area is 177 Å². The van der Waals surface area contributed by atoms with E-state index in [1.807, 2.05) is 41.9 Å². The molecule has 0 aliphatic carbocycles. The lowest BCUT2D eigenvalue weighted by Gasteiger charge is -2.35. The Hall–Kier alpha value is -2.84. The summed E-state index contributed by atoms with van der Waals surface area (Å²) in [6, 6.07) is 16.8. The third kappa shape index (κ3) is 3.57. The van der Waals surface area contributed by atoms with Gasteiger partial charge in [-0.05, 0) is 38.1 Å². The van der Waals surface area contributed by atoms with Gasteiger partial charge >= 0.3 is 0 Å². The highest BCUT2D eigenvalue weighted by atomic mass is 32.2. The summed E-state index contributed by atoms with van der Waals surface area (Å²) in [6.45, 7) is 6.10. The number of aromatic nitrogens is 2. The van der Waals surface area contributed by atoms with Gasteiger partial charge in [0.15, 0.2) is 0 Å². The van der Waals surface area contributed by atoms with Crippen molar-refractivity contribution in [2.45, 2.75) is 18.7 Å². The maximum atomic E-state index is 13.1. The molecule has 8 heteroatoms. The van der Waals surface area contributed by atoms with Gasteiger partial charge < -0.3 is 9.64 Å². The van der Waals surface area contributed by atoms with Crippen molar-refractivity contribution in [2.75, 3.05) is 38.2 Å². The number of ether oxygens (including phenoxy) is 1. The van der Waals surface area contributed by atoms with Crippen molar-refractivity contribution in [3.05, 3.63) is 66.0 Å². The molecule has 3 aromatic rings. The van der Waals surface area contributed by atoms with Crippen LogP contribution in [0.3, 0.4) is 0 Å². The van der Waals surface area contributed by atoms with Gasteiger partial charge in [0, 0.05) is 26.2 Å². The second-order valence-corrected chi connectivity index (χ2v) is 9.22. The van der Waals surface area contributed by atoms with E-state index in [2.05, 4.69) is 11.8 Å². The number of rotatable bonds is 5. The molecule has 2 heterocycles.